The number of nitrogens with two attached hydrogens (primary N) is 1. The molecule has 0 amide bonds. The Hall–Kier alpha value is -3.26. The monoisotopic (exact) mass is 497 g/mol. The lowest BCUT2D eigenvalue weighted by Gasteiger charge is -2.49. The number of anilines is 2. The van der Waals surface area contributed by atoms with E-state index in [1.54, 1.807) is 11.3 Å². The average molecular weight is 498 g/mol. The number of benzene rings is 2. The molecule has 3 heterocycles. The maximum absolute atomic E-state index is 10.2. The van der Waals surface area contributed by atoms with E-state index in [0.717, 1.165) is 53.9 Å². The Morgan fingerprint density at radius 2 is 1.50 bits per heavy atom. The smallest absolute Gasteiger partial charge is 0.186 e. The molecule has 184 valence electrons. The maximum atomic E-state index is 10.2. The van der Waals surface area contributed by atoms with Crippen molar-refractivity contribution in [3.8, 4) is 21.7 Å². The molecule has 0 radical (unpaired) electrons. The van der Waals surface area contributed by atoms with Gasteiger partial charge in [-0.3, -0.25) is 0 Å². The van der Waals surface area contributed by atoms with Crippen LogP contribution in [-0.4, -0.2) is 46.9 Å². The highest BCUT2D eigenvalue weighted by molar-refractivity contribution is 7.19. The number of aliphatic hydroxyl groups is 1. The molecule has 0 bridgehead atoms. The van der Waals surface area contributed by atoms with Gasteiger partial charge in [-0.25, -0.2) is 9.97 Å². The minimum absolute atomic E-state index is 0.454. The fourth-order valence-corrected chi connectivity index (χ4v) is 6.71. The van der Waals surface area contributed by atoms with Gasteiger partial charge in [0.1, 0.15) is 5.82 Å². The fraction of sp³-hybridized carbons (Fsp3) is 0.310. The van der Waals surface area contributed by atoms with Gasteiger partial charge >= 0.3 is 0 Å². The molecule has 0 unspecified atom stereocenters. The van der Waals surface area contributed by atoms with E-state index in [-0.39, 0.29) is 0 Å². The lowest BCUT2D eigenvalue weighted by atomic mass is 9.63. The summed E-state index contributed by atoms with van der Waals surface area (Å²) in [6, 6.07) is 25.0. The number of rotatable bonds is 5. The molecule has 0 atom stereocenters. The number of thiazole rings is 1. The quantitative estimate of drug-likeness (QED) is 0.408. The molecule has 2 aromatic carbocycles. The Balaban J connectivity index is 1.28. The van der Waals surface area contributed by atoms with Gasteiger partial charge in [-0.15, -0.1) is 0 Å². The van der Waals surface area contributed by atoms with Gasteiger partial charge in [0.15, 0.2) is 5.13 Å². The van der Waals surface area contributed by atoms with Crippen molar-refractivity contribution in [1.82, 2.24) is 9.97 Å². The van der Waals surface area contributed by atoms with E-state index in [1.165, 1.54) is 10.4 Å². The molecular weight excluding hydrogens is 466 g/mol. The van der Waals surface area contributed by atoms with Gasteiger partial charge in [0, 0.05) is 43.5 Å². The van der Waals surface area contributed by atoms with Gasteiger partial charge in [-0.2, -0.15) is 0 Å². The van der Waals surface area contributed by atoms with Gasteiger partial charge < -0.3 is 20.6 Å². The van der Waals surface area contributed by atoms with Crippen LogP contribution < -0.4 is 15.5 Å². The van der Waals surface area contributed by atoms with Crippen molar-refractivity contribution in [2.45, 2.75) is 30.9 Å². The van der Waals surface area contributed by atoms with Crippen molar-refractivity contribution >= 4 is 22.3 Å². The fourth-order valence-electron chi connectivity index (χ4n) is 5.56. The summed E-state index contributed by atoms with van der Waals surface area (Å²) in [7, 11) is 0. The van der Waals surface area contributed by atoms with E-state index < -0.39 is 11.1 Å². The van der Waals surface area contributed by atoms with Gasteiger partial charge in [-0.1, -0.05) is 72.0 Å². The zero-order chi connectivity index (χ0) is 24.8. The Bertz CT molecular complexity index is 1320. The Labute approximate surface area is 216 Å². The largest absolute Gasteiger partial charge is 0.390 e. The second-order valence-electron chi connectivity index (χ2n) is 10.3. The molecule has 0 spiro atoms. The summed E-state index contributed by atoms with van der Waals surface area (Å²) >= 11 is 1.76. The molecule has 1 saturated heterocycles. The van der Waals surface area contributed by atoms with Crippen LogP contribution in [0, 0.1) is 0 Å². The minimum Gasteiger partial charge on any atom is -0.390 e. The van der Waals surface area contributed by atoms with E-state index >= 15 is 0 Å². The van der Waals surface area contributed by atoms with Crippen LogP contribution in [0.4, 0.5) is 10.9 Å². The Morgan fingerprint density at radius 1 is 0.833 bits per heavy atom. The first-order chi connectivity index (χ1) is 17.4. The molecule has 3 N–H and O–H groups in total. The third kappa shape index (κ3) is 4.39. The summed E-state index contributed by atoms with van der Waals surface area (Å²) in [6.45, 7) is 5.51. The van der Waals surface area contributed by atoms with Crippen molar-refractivity contribution in [3.63, 3.8) is 0 Å². The van der Waals surface area contributed by atoms with E-state index in [4.69, 9.17) is 10.7 Å². The lowest BCUT2D eigenvalue weighted by molar-refractivity contribution is -0.0738. The Kier molecular flexibility index (Phi) is 5.79. The third-order valence-electron chi connectivity index (χ3n) is 7.30. The topological polar surface area (TPSA) is 78.5 Å². The molecule has 2 fully saturated rings. The summed E-state index contributed by atoms with van der Waals surface area (Å²) in [6.07, 6.45) is 3.02. The highest BCUT2D eigenvalue weighted by atomic mass is 32.1. The van der Waals surface area contributed by atoms with Crippen LogP contribution >= 0.6 is 11.3 Å². The molecule has 1 aliphatic heterocycles. The molecule has 6 rings (SSSR count). The summed E-state index contributed by atoms with van der Waals surface area (Å²) in [5.41, 5.74) is 9.79. The van der Waals surface area contributed by atoms with Crippen molar-refractivity contribution in [1.29, 1.82) is 0 Å². The second-order valence-corrected chi connectivity index (χ2v) is 11.3. The normalized spacial score (nSPS) is 24.0. The van der Waals surface area contributed by atoms with Crippen LogP contribution in [0.15, 0.2) is 79.0 Å². The van der Waals surface area contributed by atoms with Gasteiger partial charge in [0.05, 0.1) is 16.2 Å². The predicted molar refractivity (Wildman–Crippen MR) is 147 cm³/mol. The minimum atomic E-state index is -0.668. The molecule has 6 nitrogen and oxygen atoms in total. The predicted octanol–water partition coefficient (Wildman–Crippen LogP) is 4.90. The summed E-state index contributed by atoms with van der Waals surface area (Å²) in [4.78, 5) is 15.6. The zero-order valence-electron chi connectivity index (χ0n) is 20.5. The summed E-state index contributed by atoms with van der Waals surface area (Å²) < 4.78 is 0. The molecule has 2 aromatic heterocycles. The second kappa shape index (κ2) is 9.00. The molecule has 2 aliphatic rings. The van der Waals surface area contributed by atoms with Gasteiger partial charge in [0.2, 0.25) is 0 Å². The van der Waals surface area contributed by atoms with E-state index in [2.05, 4.69) is 69.4 Å². The van der Waals surface area contributed by atoms with Crippen LogP contribution in [0.25, 0.3) is 21.7 Å². The molecule has 7 heteroatoms. The number of piperazine rings is 1. The first-order valence-electron chi connectivity index (χ1n) is 12.5. The van der Waals surface area contributed by atoms with Crippen LogP contribution in [0.5, 0.6) is 0 Å². The van der Waals surface area contributed by atoms with Gasteiger partial charge in [0.25, 0.3) is 0 Å². The molecule has 4 aromatic rings. The third-order valence-corrected chi connectivity index (χ3v) is 8.47. The van der Waals surface area contributed by atoms with Crippen LogP contribution in [0.1, 0.15) is 25.3 Å². The number of hydrogen-bond donors (Lipinski definition) is 2. The van der Waals surface area contributed by atoms with Crippen LogP contribution in [-0.2, 0) is 5.54 Å². The van der Waals surface area contributed by atoms with Crippen molar-refractivity contribution in [3.05, 3.63) is 84.6 Å². The Morgan fingerprint density at radius 3 is 2.14 bits per heavy atom. The first kappa shape index (κ1) is 23.2. The van der Waals surface area contributed by atoms with Crippen LogP contribution in [0.3, 0.4) is 0 Å². The average Bonchev–Trinajstić information content (AvgIpc) is 3.34. The number of aromatic nitrogens is 2. The SMILES string of the molecule is CC1(O)CC(N)(c2ccc(-c3nc(N4CCN(c5ccccn5)CC4)sc3-c3ccccc3)cc2)C1. The first-order valence-corrected chi connectivity index (χ1v) is 13.3. The standard InChI is InChI=1S/C29H31N5OS/c1-28(35)19-29(30,20-28)23-12-10-21(11-13-23)25-26(22-7-3-2-4-8-22)36-27(32-25)34-17-15-33(16-18-34)24-9-5-6-14-31-24/h2-14,35H,15-20,30H2,1H3. The molecule has 36 heavy (non-hydrogen) atoms. The highest BCUT2D eigenvalue weighted by Crippen LogP contribution is 2.47. The van der Waals surface area contributed by atoms with E-state index in [9.17, 15) is 5.11 Å². The zero-order valence-corrected chi connectivity index (χ0v) is 21.3. The summed E-state index contributed by atoms with van der Waals surface area (Å²) in [5, 5.41) is 11.3. The molecular formula is C29H31N5OS. The van der Waals surface area contributed by atoms with Gasteiger partial charge in [-0.05, 0) is 43.0 Å². The van der Waals surface area contributed by atoms with E-state index in [1.807, 2.05) is 31.3 Å². The molecule has 1 aliphatic carbocycles. The van der Waals surface area contributed by atoms with Crippen molar-refractivity contribution < 1.29 is 5.11 Å². The van der Waals surface area contributed by atoms with Crippen molar-refractivity contribution in [2.24, 2.45) is 5.73 Å². The summed E-state index contributed by atoms with van der Waals surface area (Å²) in [5.74, 6) is 1.03. The number of hydrogen-bond acceptors (Lipinski definition) is 7. The highest BCUT2D eigenvalue weighted by Gasteiger charge is 2.49. The van der Waals surface area contributed by atoms with Crippen molar-refractivity contribution in [2.75, 3.05) is 36.0 Å². The van der Waals surface area contributed by atoms with E-state index in [0.29, 0.717) is 12.8 Å². The molecule has 1 saturated carbocycles. The number of nitrogens with zero attached hydrogens (tertiary/aromatic N) is 4. The maximum Gasteiger partial charge on any atom is 0.186 e. The lowest BCUT2D eigenvalue weighted by Crippen LogP contribution is -2.58. The van der Waals surface area contributed by atoms with Crippen LogP contribution in [0.2, 0.25) is 0 Å². The number of pyridine rings is 1.